The van der Waals surface area contributed by atoms with Crippen LogP contribution >= 0.6 is 34.9 Å². The number of hydrogen-bond acceptors (Lipinski definition) is 6. The van der Waals surface area contributed by atoms with Crippen molar-refractivity contribution in [2.24, 2.45) is 0 Å². The molecule has 0 aliphatic carbocycles. The molecule has 1 aromatic heterocycles. The number of carbonyl (C=O) groups is 1. The Labute approximate surface area is 130 Å². The van der Waals surface area contributed by atoms with Crippen LogP contribution in [-0.4, -0.2) is 27.6 Å². The maximum atomic E-state index is 12.0. The molecule has 0 saturated heterocycles. The topological polar surface area (TPSA) is 54.9 Å². The number of rotatable bonds is 6. The lowest BCUT2D eigenvalue weighted by molar-refractivity contribution is -0.120. The van der Waals surface area contributed by atoms with Crippen molar-refractivity contribution in [2.75, 3.05) is 6.26 Å². The van der Waals surface area contributed by atoms with Gasteiger partial charge < -0.3 is 5.32 Å². The summed E-state index contributed by atoms with van der Waals surface area (Å²) in [6, 6.07) is 9.87. The van der Waals surface area contributed by atoms with E-state index in [1.165, 1.54) is 23.1 Å². The molecule has 0 aliphatic heterocycles. The monoisotopic (exact) mass is 325 g/mol. The van der Waals surface area contributed by atoms with Gasteiger partial charge in [0.05, 0.1) is 5.25 Å². The molecule has 1 atom stereocenters. The van der Waals surface area contributed by atoms with E-state index in [4.69, 9.17) is 0 Å². The summed E-state index contributed by atoms with van der Waals surface area (Å²) in [6.07, 6.45) is 1.96. The zero-order valence-corrected chi connectivity index (χ0v) is 13.6. The van der Waals surface area contributed by atoms with Gasteiger partial charge in [0.1, 0.15) is 0 Å². The van der Waals surface area contributed by atoms with Gasteiger partial charge in [0, 0.05) is 6.54 Å². The SMILES string of the molecule is CSc1nnc(SC(C)C(=O)NCc2ccccc2)s1. The van der Waals surface area contributed by atoms with E-state index in [1.54, 1.807) is 11.8 Å². The number of hydrogen-bond donors (Lipinski definition) is 1. The second-order valence-corrected chi connectivity index (χ2v) is 7.62. The summed E-state index contributed by atoms with van der Waals surface area (Å²) in [5.41, 5.74) is 1.10. The summed E-state index contributed by atoms with van der Waals surface area (Å²) in [6.45, 7) is 2.43. The lowest BCUT2D eigenvalue weighted by atomic mass is 10.2. The first-order valence-electron chi connectivity index (χ1n) is 6.05. The predicted octanol–water partition coefficient (Wildman–Crippen LogP) is 3.06. The molecule has 0 bridgehead atoms. The van der Waals surface area contributed by atoms with E-state index in [-0.39, 0.29) is 11.2 Å². The Morgan fingerprint density at radius 3 is 2.65 bits per heavy atom. The summed E-state index contributed by atoms with van der Waals surface area (Å²) in [4.78, 5) is 12.0. The largest absolute Gasteiger partial charge is 0.351 e. The van der Waals surface area contributed by atoms with Crippen LogP contribution < -0.4 is 5.32 Å². The molecule has 2 aromatic rings. The Morgan fingerprint density at radius 1 is 1.30 bits per heavy atom. The smallest absolute Gasteiger partial charge is 0.233 e. The third kappa shape index (κ3) is 4.50. The van der Waals surface area contributed by atoms with Gasteiger partial charge in [-0.15, -0.1) is 10.2 Å². The van der Waals surface area contributed by atoms with Crippen LogP contribution in [0.15, 0.2) is 39.0 Å². The summed E-state index contributed by atoms with van der Waals surface area (Å²) in [7, 11) is 0. The van der Waals surface area contributed by atoms with E-state index in [9.17, 15) is 4.79 Å². The summed E-state index contributed by atoms with van der Waals surface area (Å²) in [5.74, 6) is 0.0137. The molecular weight excluding hydrogens is 310 g/mol. The Morgan fingerprint density at radius 2 is 2.00 bits per heavy atom. The molecule has 0 radical (unpaired) electrons. The van der Waals surface area contributed by atoms with Crippen LogP contribution in [0.3, 0.4) is 0 Å². The highest BCUT2D eigenvalue weighted by molar-refractivity contribution is 8.03. The second kappa shape index (κ2) is 7.66. The van der Waals surface area contributed by atoms with Crippen molar-refractivity contribution < 1.29 is 4.79 Å². The van der Waals surface area contributed by atoms with Crippen molar-refractivity contribution in [1.29, 1.82) is 0 Å². The number of nitrogens with zero attached hydrogens (tertiary/aromatic N) is 2. The minimum Gasteiger partial charge on any atom is -0.351 e. The molecule has 1 aromatic carbocycles. The first kappa shape index (κ1) is 15.3. The highest BCUT2D eigenvalue weighted by Gasteiger charge is 2.16. The molecule has 20 heavy (non-hydrogen) atoms. The molecule has 0 aliphatic rings. The zero-order valence-electron chi connectivity index (χ0n) is 11.2. The van der Waals surface area contributed by atoms with Crippen LogP contribution in [-0.2, 0) is 11.3 Å². The van der Waals surface area contributed by atoms with Gasteiger partial charge in [-0.3, -0.25) is 4.79 Å². The molecule has 2 rings (SSSR count). The summed E-state index contributed by atoms with van der Waals surface area (Å²) in [5, 5.41) is 10.8. The minimum atomic E-state index is -0.179. The molecule has 4 nitrogen and oxygen atoms in total. The predicted molar refractivity (Wildman–Crippen MR) is 85.3 cm³/mol. The molecule has 1 unspecified atom stereocenters. The van der Waals surface area contributed by atoms with Gasteiger partial charge in [-0.1, -0.05) is 65.2 Å². The van der Waals surface area contributed by atoms with E-state index in [0.717, 1.165) is 14.2 Å². The van der Waals surface area contributed by atoms with Crippen molar-refractivity contribution in [1.82, 2.24) is 15.5 Å². The van der Waals surface area contributed by atoms with Crippen molar-refractivity contribution in [3.63, 3.8) is 0 Å². The second-order valence-electron chi connectivity index (χ2n) is 4.00. The van der Waals surface area contributed by atoms with Gasteiger partial charge in [-0.2, -0.15) is 0 Å². The fourth-order valence-corrected chi connectivity index (χ4v) is 4.07. The van der Waals surface area contributed by atoms with Crippen molar-refractivity contribution in [3.05, 3.63) is 35.9 Å². The molecule has 7 heteroatoms. The highest BCUT2D eigenvalue weighted by atomic mass is 32.2. The molecule has 1 N–H and O–H groups in total. The third-order valence-electron chi connectivity index (χ3n) is 2.52. The van der Waals surface area contributed by atoms with E-state index in [0.29, 0.717) is 6.54 Å². The van der Waals surface area contributed by atoms with Crippen LogP contribution in [0.25, 0.3) is 0 Å². The number of amides is 1. The van der Waals surface area contributed by atoms with Gasteiger partial charge in [0.2, 0.25) is 5.91 Å². The number of carbonyl (C=O) groups excluding carboxylic acids is 1. The quantitative estimate of drug-likeness (QED) is 0.827. The first-order chi connectivity index (χ1) is 9.69. The Balaban J connectivity index is 1.82. The molecule has 1 amide bonds. The number of aromatic nitrogens is 2. The molecule has 106 valence electrons. The third-order valence-corrected chi connectivity index (χ3v) is 5.60. The zero-order chi connectivity index (χ0) is 14.4. The Hall–Kier alpha value is -1.05. The van der Waals surface area contributed by atoms with Crippen molar-refractivity contribution in [2.45, 2.75) is 27.4 Å². The fraction of sp³-hybridized carbons (Fsp3) is 0.308. The minimum absolute atomic E-state index is 0.0137. The average molecular weight is 325 g/mol. The van der Waals surface area contributed by atoms with Crippen LogP contribution in [0.4, 0.5) is 0 Å². The standard InChI is InChI=1S/C13H15N3OS3/c1-9(19-13-16-15-12(18-2)20-13)11(17)14-8-10-6-4-3-5-7-10/h3-7,9H,8H2,1-2H3,(H,14,17). The summed E-state index contributed by atoms with van der Waals surface area (Å²) >= 11 is 4.52. The van der Waals surface area contributed by atoms with Crippen LogP contribution in [0.5, 0.6) is 0 Å². The van der Waals surface area contributed by atoms with E-state index < -0.39 is 0 Å². The van der Waals surface area contributed by atoms with Gasteiger partial charge in [0.25, 0.3) is 0 Å². The van der Waals surface area contributed by atoms with Gasteiger partial charge in [-0.25, -0.2) is 0 Å². The Kier molecular flexibility index (Phi) is 5.87. The number of benzene rings is 1. The van der Waals surface area contributed by atoms with E-state index in [1.807, 2.05) is 43.5 Å². The van der Waals surface area contributed by atoms with Gasteiger partial charge in [-0.05, 0) is 18.7 Å². The maximum absolute atomic E-state index is 12.0. The van der Waals surface area contributed by atoms with Crippen molar-refractivity contribution >= 4 is 40.8 Å². The Bertz CT molecular complexity index is 559. The van der Waals surface area contributed by atoms with Crippen LogP contribution in [0.2, 0.25) is 0 Å². The van der Waals surface area contributed by atoms with Gasteiger partial charge >= 0.3 is 0 Å². The lowest BCUT2D eigenvalue weighted by Gasteiger charge is -2.10. The van der Waals surface area contributed by atoms with E-state index >= 15 is 0 Å². The number of thioether (sulfide) groups is 2. The molecule has 0 spiro atoms. The van der Waals surface area contributed by atoms with Gasteiger partial charge in [0.15, 0.2) is 8.68 Å². The number of nitrogens with one attached hydrogen (secondary N) is 1. The average Bonchev–Trinajstić information content (AvgIpc) is 2.93. The normalized spacial score (nSPS) is 12.1. The molecule has 1 heterocycles. The first-order valence-corrected chi connectivity index (χ1v) is 8.97. The molecule has 0 saturated carbocycles. The van der Waals surface area contributed by atoms with Crippen molar-refractivity contribution in [3.8, 4) is 0 Å². The summed E-state index contributed by atoms with van der Waals surface area (Å²) < 4.78 is 1.75. The maximum Gasteiger partial charge on any atom is 0.233 e. The molecule has 0 fully saturated rings. The van der Waals surface area contributed by atoms with E-state index in [2.05, 4.69) is 15.5 Å². The lowest BCUT2D eigenvalue weighted by Crippen LogP contribution is -2.30. The highest BCUT2D eigenvalue weighted by Crippen LogP contribution is 2.30. The van der Waals surface area contributed by atoms with Crippen LogP contribution in [0, 0.1) is 0 Å². The van der Waals surface area contributed by atoms with Crippen LogP contribution in [0.1, 0.15) is 12.5 Å². The molecular formula is C13H15N3OS3. The fourth-order valence-electron chi connectivity index (χ4n) is 1.46.